The first-order valence-electron chi connectivity index (χ1n) is 9.05. The smallest absolute Gasteiger partial charge is 0.355 e. The standard InChI is InChI=1S/C19H24F3N5OS/c1-12(2)15-11-29-16(27-15)10-26-18(23-3)25-9-8-24-17(28)13-4-6-14(7-5-13)19(20,21)22/h4-7,11-12H,8-10H2,1-3H3,(H,24,28)(H2,23,25,26). The number of halogens is 3. The highest BCUT2D eigenvalue weighted by molar-refractivity contribution is 7.09. The van der Waals surface area contributed by atoms with Gasteiger partial charge in [0.2, 0.25) is 0 Å². The SMILES string of the molecule is CN=C(NCCNC(=O)c1ccc(C(F)(F)F)cc1)NCc1nc(C(C)C)cs1. The molecule has 0 unspecified atom stereocenters. The van der Waals surface area contributed by atoms with Gasteiger partial charge in [0.1, 0.15) is 5.01 Å². The summed E-state index contributed by atoms with van der Waals surface area (Å²) in [5, 5.41) is 11.8. The van der Waals surface area contributed by atoms with E-state index in [4.69, 9.17) is 0 Å². The van der Waals surface area contributed by atoms with Crippen LogP contribution in [0.2, 0.25) is 0 Å². The molecule has 6 nitrogen and oxygen atoms in total. The van der Waals surface area contributed by atoms with Gasteiger partial charge < -0.3 is 16.0 Å². The minimum atomic E-state index is -4.42. The predicted molar refractivity (Wildman–Crippen MR) is 108 cm³/mol. The molecule has 10 heteroatoms. The van der Waals surface area contributed by atoms with Gasteiger partial charge in [0, 0.05) is 31.1 Å². The van der Waals surface area contributed by atoms with Crippen molar-refractivity contribution < 1.29 is 18.0 Å². The number of amides is 1. The zero-order chi connectivity index (χ0) is 21.4. The van der Waals surface area contributed by atoms with E-state index in [1.165, 1.54) is 0 Å². The Morgan fingerprint density at radius 2 is 1.79 bits per heavy atom. The van der Waals surface area contributed by atoms with Crippen LogP contribution in [0.3, 0.4) is 0 Å². The number of aliphatic imine (C=N–C) groups is 1. The number of alkyl halides is 3. The third-order valence-electron chi connectivity index (χ3n) is 3.97. The van der Waals surface area contributed by atoms with Gasteiger partial charge in [0.25, 0.3) is 5.91 Å². The van der Waals surface area contributed by atoms with Crippen molar-refractivity contribution in [3.05, 3.63) is 51.5 Å². The molecule has 2 aromatic rings. The van der Waals surface area contributed by atoms with Gasteiger partial charge >= 0.3 is 6.18 Å². The summed E-state index contributed by atoms with van der Waals surface area (Å²) < 4.78 is 37.7. The number of nitrogens with zero attached hydrogens (tertiary/aromatic N) is 2. The third kappa shape index (κ3) is 7.04. The molecule has 0 saturated heterocycles. The molecule has 29 heavy (non-hydrogen) atoms. The molecule has 0 saturated carbocycles. The van der Waals surface area contributed by atoms with E-state index < -0.39 is 17.6 Å². The molecular weight excluding hydrogens is 403 g/mol. The summed E-state index contributed by atoms with van der Waals surface area (Å²) in [6.45, 7) is 5.41. The summed E-state index contributed by atoms with van der Waals surface area (Å²) in [4.78, 5) is 20.7. The number of hydrogen-bond donors (Lipinski definition) is 3. The van der Waals surface area contributed by atoms with Crippen molar-refractivity contribution in [1.29, 1.82) is 0 Å². The molecule has 0 bridgehead atoms. The molecule has 0 aliphatic rings. The lowest BCUT2D eigenvalue weighted by atomic mass is 10.1. The topological polar surface area (TPSA) is 78.4 Å². The summed E-state index contributed by atoms with van der Waals surface area (Å²) in [5.74, 6) is 0.508. The van der Waals surface area contributed by atoms with E-state index >= 15 is 0 Å². The maximum absolute atomic E-state index is 12.6. The molecule has 1 amide bonds. The fraction of sp³-hybridized carbons (Fsp3) is 0.421. The number of thiazole rings is 1. The van der Waals surface area contributed by atoms with E-state index in [0.717, 1.165) is 35.0 Å². The molecule has 0 fully saturated rings. The summed E-state index contributed by atoms with van der Waals surface area (Å²) in [5.41, 5.74) is 0.442. The average Bonchev–Trinajstić information content (AvgIpc) is 3.16. The van der Waals surface area contributed by atoms with Crippen LogP contribution in [0.1, 0.15) is 46.4 Å². The molecule has 0 radical (unpaired) electrons. The number of carbonyl (C=O) groups excluding carboxylic acids is 1. The first-order chi connectivity index (χ1) is 13.7. The van der Waals surface area contributed by atoms with E-state index in [2.05, 4.69) is 39.8 Å². The predicted octanol–water partition coefficient (Wildman–Crippen LogP) is 3.38. The van der Waals surface area contributed by atoms with Crippen molar-refractivity contribution >= 4 is 23.2 Å². The second kappa shape index (κ2) is 10.2. The molecule has 0 atom stereocenters. The Balaban J connectivity index is 1.73. The van der Waals surface area contributed by atoms with E-state index in [1.807, 2.05) is 5.38 Å². The Hall–Kier alpha value is -2.62. The molecule has 2 rings (SSSR count). The van der Waals surface area contributed by atoms with Gasteiger partial charge in [-0.15, -0.1) is 11.3 Å². The minimum absolute atomic E-state index is 0.172. The van der Waals surface area contributed by atoms with Crippen LogP contribution in [-0.4, -0.2) is 37.0 Å². The van der Waals surface area contributed by atoms with E-state index in [-0.39, 0.29) is 12.1 Å². The van der Waals surface area contributed by atoms with E-state index in [0.29, 0.717) is 25.0 Å². The molecule has 3 N–H and O–H groups in total. The number of carbonyl (C=O) groups is 1. The van der Waals surface area contributed by atoms with Crippen molar-refractivity contribution in [3.8, 4) is 0 Å². The summed E-state index contributed by atoms with van der Waals surface area (Å²) in [6.07, 6.45) is -4.42. The molecule has 0 aliphatic carbocycles. The van der Waals surface area contributed by atoms with Crippen molar-refractivity contribution in [2.24, 2.45) is 4.99 Å². The molecule has 0 spiro atoms. The number of nitrogens with one attached hydrogen (secondary N) is 3. The third-order valence-corrected chi connectivity index (χ3v) is 4.84. The lowest BCUT2D eigenvalue weighted by Crippen LogP contribution is -2.41. The number of aromatic nitrogens is 1. The Bertz CT molecular complexity index is 831. The number of rotatable bonds is 7. The largest absolute Gasteiger partial charge is 0.416 e. The summed E-state index contributed by atoms with van der Waals surface area (Å²) in [6, 6.07) is 4.10. The van der Waals surface area contributed by atoms with Gasteiger partial charge in [0.05, 0.1) is 17.8 Å². The Kier molecular flexibility index (Phi) is 8.00. The molecule has 0 aliphatic heterocycles. The maximum Gasteiger partial charge on any atom is 0.416 e. The first kappa shape index (κ1) is 22.7. The van der Waals surface area contributed by atoms with Crippen molar-refractivity contribution in [2.75, 3.05) is 20.1 Å². The summed E-state index contributed by atoms with van der Waals surface area (Å²) in [7, 11) is 1.64. The number of hydrogen-bond acceptors (Lipinski definition) is 4. The zero-order valence-electron chi connectivity index (χ0n) is 16.4. The Morgan fingerprint density at radius 3 is 2.34 bits per heavy atom. The molecule has 158 valence electrons. The monoisotopic (exact) mass is 427 g/mol. The van der Waals surface area contributed by atoms with Crippen LogP contribution in [0.4, 0.5) is 13.2 Å². The van der Waals surface area contributed by atoms with Crippen LogP contribution in [0.5, 0.6) is 0 Å². The van der Waals surface area contributed by atoms with Crippen molar-refractivity contribution in [3.63, 3.8) is 0 Å². The lowest BCUT2D eigenvalue weighted by Gasteiger charge is -2.12. The van der Waals surface area contributed by atoms with Crippen molar-refractivity contribution in [2.45, 2.75) is 32.5 Å². The van der Waals surface area contributed by atoms with Crippen LogP contribution in [0.25, 0.3) is 0 Å². The van der Waals surface area contributed by atoms with Crippen LogP contribution in [-0.2, 0) is 12.7 Å². The molecule has 1 aromatic heterocycles. The molecule has 1 aromatic carbocycles. The second-order valence-corrected chi connectivity index (χ2v) is 7.45. The van der Waals surface area contributed by atoms with E-state index in [1.54, 1.807) is 18.4 Å². The van der Waals surface area contributed by atoms with Gasteiger partial charge in [-0.05, 0) is 30.2 Å². The second-order valence-electron chi connectivity index (χ2n) is 6.50. The average molecular weight is 427 g/mol. The lowest BCUT2D eigenvalue weighted by molar-refractivity contribution is -0.137. The highest BCUT2D eigenvalue weighted by atomic mass is 32.1. The fourth-order valence-corrected chi connectivity index (χ4v) is 3.22. The highest BCUT2D eigenvalue weighted by Crippen LogP contribution is 2.29. The van der Waals surface area contributed by atoms with Crippen molar-refractivity contribution in [1.82, 2.24) is 20.9 Å². The molecule has 1 heterocycles. The quantitative estimate of drug-likeness (QED) is 0.360. The Morgan fingerprint density at radius 1 is 1.14 bits per heavy atom. The zero-order valence-corrected chi connectivity index (χ0v) is 17.2. The van der Waals surface area contributed by atoms with Crippen LogP contribution in [0.15, 0.2) is 34.6 Å². The Labute approximate surface area is 171 Å². The van der Waals surface area contributed by atoms with Gasteiger partial charge in [-0.3, -0.25) is 9.79 Å². The maximum atomic E-state index is 12.6. The van der Waals surface area contributed by atoms with Crippen LogP contribution < -0.4 is 16.0 Å². The number of guanidine groups is 1. The van der Waals surface area contributed by atoms with Crippen LogP contribution in [0, 0.1) is 0 Å². The fourth-order valence-electron chi connectivity index (χ4n) is 2.32. The first-order valence-corrected chi connectivity index (χ1v) is 9.93. The molecular formula is C19H24F3N5OS. The van der Waals surface area contributed by atoms with Gasteiger partial charge in [-0.2, -0.15) is 13.2 Å². The normalized spacial score (nSPS) is 12.2. The number of benzene rings is 1. The highest BCUT2D eigenvalue weighted by Gasteiger charge is 2.30. The summed E-state index contributed by atoms with van der Waals surface area (Å²) >= 11 is 1.58. The van der Waals surface area contributed by atoms with Crippen LogP contribution >= 0.6 is 11.3 Å². The van der Waals surface area contributed by atoms with Gasteiger partial charge in [0.15, 0.2) is 5.96 Å². The van der Waals surface area contributed by atoms with E-state index in [9.17, 15) is 18.0 Å². The minimum Gasteiger partial charge on any atom is -0.355 e. The van der Waals surface area contributed by atoms with Gasteiger partial charge in [-0.25, -0.2) is 4.98 Å². The van der Waals surface area contributed by atoms with Gasteiger partial charge in [-0.1, -0.05) is 13.8 Å².